The van der Waals surface area contributed by atoms with Crippen LogP contribution in [0.2, 0.25) is 0 Å². The first kappa shape index (κ1) is 21.6. The topological polar surface area (TPSA) is 66.8 Å². The Morgan fingerprint density at radius 3 is 2.73 bits per heavy atom. The van der Waals surface area contributed by atoms with E-state index < -0.39 is 23.4 Å². The van der Waals surface area contributed by atoms with Crippen LogP contribution < -0.4 is 0 Å². The van der Waals surface area contributed by atoms with Gasteiger partial charge in [-0.15, -0.1) is 0 Å². The van der Waals surface area contributed by atoms with E-state index in [0.717, 1.165) is 25.1 Å². The molecule has 1 unspecified atom stereocenters. The number of piperidine rings is 1. The monoisotopic (exact) mass is 415 g/mol. The van der Waals surface area contributed by atoms with Crippen LogP contribution in [0.3, 0.4) is 0 Å². The Bertz CT molecular complexity index is 945. The molecule has 0 aromatic heterocycles. The van der Waals surface area contributed by atoms with E-state index in [-0.39, 0.29) is 17.0 Å². The molecule has 0 saturated carbocycles. The number of nitrogens with zero attached hydrogens (tertiary/aromatic N) is 1. The molecule has 0 aliphatic carbocycles. The molecule has 1 saturated heterocycles. The van der Waals surface area contributed by atoms with Gasteiger partial charge in [-0.3, -0.25) is 14.5 Å². The molecule has 2 aromatic carbocycles. The van der Waals surface area contributed by atoms with Gasteiger partial charge in [-0.25, -0.2) is 8.78 Å². The van der Waals surface area contributed by atoms with Gasteiger partial charge in [0.1, 0.15) is 11.6 Å². The summed E-state index contributed by atoms with van der Waals surface area (Å²) in [5.41, 5.74) is 0.699. The Morgan fingerprint density at radius 1 is 1.17 bits per heavy atom. The number of carboxylic acids is 1. The Balaban J connectivity index is 1.60. The van der Waals surface area contributed by atoms with E-state index in [1.807, 2.05) is 4.90 Å². The molecule has 1 aliphatic rings. The molecule has 1 aliphatic heterocycles. The van der Waals surface area contributed by atoms with Gasteiger partial charge in [0.25, 0.3) is 0 Å². The maximum atomic E-state index is 13.7. The summed E-state index contributed by atoms with van der Waals surface area (Å²) in [5, 5.41) is 9.14. The summed E-state index contributed by atoms with van der Waals surface area (Å²) >= 11 is 0. The third-order valence-corrected chi connectivity index (χ3v) is 5.07. The number of likely N-dealkylation sites (tertiary alicyclic amines) is 1. The van der Waals surface area contributed by atoms with E-state index in [9.17, 15) is 18.4 Å². The molecule has 1 atom stereocenters. The van der Waals surface area contributed by atoms with Crippen LogP contribution in [0.1, 0.15) is 34.3 Å². The summed E-state index contributed by atoms with van der Waals surface area (Å²) in [7, 11) is 0. The summed E-state index contributed by atoms with van der Waals surface area (Å²) in [6.07, 6.45) is 4.52. The fourth-order valence-electron chi connectivity index (χ4n) is 3.49. The summed E-state index contributed by atoms with van der Waals surface area (Å²) < 4.78 is 32.6. The van der Waals surface area contributed by atoms with E-state index in [4.69, 9.17) is 9.84 Å². The van der Waals surface area contributed by atoms with E-state index in [1.165, 1.54) is 36.6 Å². The van der Waals surface area contributed by atoms with E-state index in [0.29, 0.717) is 31.7 Å². The normalized spacial score (nSPS) is 17.2. The third-order valence-electron chi connectivity index (χ3n) is 5.07. The zero-order chi connectivity index (χ0) is 21.5. The minimum Gasteiger partial charge on any atom is -0.500 e. The van der Waals surface area contributed by atoms with Crippen LogP contribution in [0.25, 0.3) is 6.08 Å². The number of carboxylic acid groups (broad SMARTS) is 1. The number of aliphatic carboxylic acids is 1. The van der Waals surface area contributed by atoms with Gasteiger partial charge in [0.2, 0.25) is 0 Å². The van der Waals surface area contributed by atoms with Gasteiger partial charge < -0.3 is 9.84 Å². The summed E-state index contributed by atoms with van der Waals surface area (Å²) in [6.45, 7) is 2.29. The lowest BCUT2D eigenvalue weighted by Crippen LogP contribution is -2.40. The van der Waals surface area contributed by atoms with Crippen molar-refractivity contribution in [3.8, 4) is 0 Å². The maximum absolute atomic E-state index is 13.7. The van der Waals surface area contributed by atoms with Crippen LogP contribution in [0, 0.1) is 17.6 Å². The highest BCUT2D eigenvalue weighted by atomic mass is 19.1. The molecule has 30 heavy (non-hydrogen) atoms. The smallest absolute Gasteiger partial charge is 0.307 e. The van der Waals surface area contributed by atoms with Gasteiger partial charge >= 0.3 is 5.97 Å². The summed E-state index contributed by atoms with van der Waals surface area (Å²) in [5.74, 6) is -2.70. The van der Waals surface area contributed by atoms with E-state index in [1.54, 1.807) is 6.08 Å². The molecule has 3 rings (SSSR count). The molecule has 158 valence electrons. The molecule has 0 bridgehead atoms. The van der Waals surface area contributed by atoms with Crippen LogP contribution in [0.5, 0.6) is 0 Å². The average Bonchev–Trinajstić information content (AvgIpc) is 2.74. The predicted molar refractivity (Wildman–Crippen MR) is 108 cm³/mol. The zero-order valence-electron chi connectivity index (χ0n) is 16.4. The molecular weight excluding hydrogens is 392 g/mol. The van der Waals surface area contributed by atoms with Crippen LogP contribution in [-0.2, 0) is 9.53 Å². The number of carbonyl (C=O) groups is 2. The summed E-state index contributed by atoms with van der Waals surface area (Å²) in [4.78, 5) is 25.9. The quantitative estimate of drug-likeness (QED) is 0.401. The van der Waals surface area contributed by atoms with Gasteiger partial charge in [0.05, 0.1) is 18.8 Å². The molecule has 2 aromatic rings. The Labute approximate surface area is 173 Å². The van der Waals surface area contributed by atoms with E-state index >= 15 is 0 Å². The molecule has 7 heteroatoms. The largest absolute Gasteiger partial charge is 0.500 e. The van der Waals surface area contributed by atoms with Crippen molar-refractivity contribution in [1.82, 2.24) is 4.90 Å². The van der Waals surface area contributed by atoms with Crippen molar-refractivity contribution >= 4 is 17.8 Å². The highest BCUT2D eigenvalue weighted by Gasteiger charge is 2.24. The van der Waals surface area contributed by atoms with Gasteiger partial charge in [-0.2, -0.15) is 0 Å². The van der Waals surface area contributed by atoms with Crippen molar-refractivity contribution in [3.63, 3.8) is 0 Å². The molecule has 0 amide bonds. The molecule has 5 nitrogen and oxygen atoms in total. The number of rotatable bonds is 8. The SMILES string of the molecule is O=C(c1cccc(F)c1)c1cc(F)ccc1/C=C/OCCN1CCCC(C(=O)O)C1. The Kier molecular flexibility index (Phi) is 7.30. The van der Waals surface area contributed by atoms with Crippen molar-refractivity contribution in [1.29, 1.82) is 0 Å². The van der Waals surface area contributed by atoms with Crippen molar-refractivity contribution in [2.75, 3.05) is 26.2 Å². The van der Waals surface area contributed by atoms with Gasteiger partial charge in [-0.05, 0) is 55.3 Å². The van der Waals surface area contributed by atoms with Crippen LogP contribution in [0.4, 0.5) is 8.78 Å². The minimum absolute atomic E-state index is 0.112. The van der Waals surface area contributed by atoms with Crippen molar-refractivity contribution < 1.29 is 28.2 Å². The molecular formula is C23H23F2NO4. The Morgan fingerprint density at radius 2 is 1.97 bits per heavy atom. The van der Waals surface area contributed by atoms with Gasteiger partial charge in [0, 0.05) is 24.2 Å². The number of carbonyl (C=O) groups excluding carboxylic acids is 1. The molecule has 0 spiro atoms. The lowest BCUT2D eigenvalue weighted by Gasteiger charge is -2.30. The first-order valence-electron chi connectivity index (χ1n) is 9.77. The number of ketones is 1. The van der Waals surface area contributed by atoms with Gasteiger partial charge in [-0.1, -0.05) is 18.2 Å². The second-order valence-electron chi connectivity index (χ2n) is 7.22. The molecule has 1 heterocycles. The van der Waals surface area contributed by atoms with Crippen molar-refractivity contribution in [3.05, 3.63) is 77.1 Å². The van der Waals surface area contributed by atoms with Crippen molar-refractivity contribution in [2.45, 2.75) is 12.8 Å². The van der Waals surface area contributed by atoms with Crippen LogP contribution in [0.15, 0.2) is 48.7 Å². The standard InChI is InChI=1S/C23H23F2NO4/c24-19-5-1-3-17(13-19)22(27)21-14-20(25)7-6-16(21)8-11-30-12-10-26-9-2-4-18(15-26)23(28)29/h1,3,5-8,11,13-14,18H,2,4,9-10,12,15H2,(H,28,29)/b11-8+. The fourth-order valence-corrected chi connectivity index (χ4v) is 3.49. The molecule has 1 fully saturated rings. The van der Waals surface area contributed by atoms with Crippen LogP contribution >= 0.6 is 0 Å². The second-order valence-corrected chi connectivity index (χ2v) is 7.22. The number of ether oxygens (including phenoxy) is 1. The number of halogens is 2. The lowest BCUT2D eigenvalue weighted by molar-refractivity contribution is -0.143. The fraction of sp³-hybridized carbons (Fsp3) is 0.304. The molecule has 1 N–H and O–H groups in total. The Hall–Kier alpha value is -3.06. The number of hydrogen-bond acceptors (Lipinski definition) is 4. The molecule has 0 radical (unpaired) electrons. The summed E-state index contributed by atoms with van der Waals surface area (Å²) in [6, 6.07) is 9.07. The van der Waals surface area contributed by atoms with E-state index in [2.05, 4.69) is 0 Å². The lowest BCUT2D eigenvalue weighted by atomic mass is 9.98. The zero-order valence-corrected chi connectivity index (χ0v) is 16.4. The second kappa shape index (κ2) is 10.1. The number of benzene rings is 2. The van der Waals surface area contributed by atoms with Gasteiger partial charge in [0.15, 0.2) is 5.78 Å². The predicted octanol–water partition coefficient (Wildman–Crippen LogP) is 3.98. The minimum atomic E-state index is -0.771. The van der Waals surface area contributed by atoms with Crippen molar-refractivity contribution in [2.24, 2.45) is 5.92 Å². The average molecular weight is 415 g/mol. The van der Waals surface area contributed by atoms with Crippen LogP contribution in [-0.4, -0.2) is 48.0 Å². The highest BCUT2D eigenvalue weighted by Crippen LogP contribution is 2.19. The first-order valence-corrected chi connectivity index (χ1v) is 9.77. The maximum Gasteiger partial charge on any atom is 0.307 e. The highest BCUT2D eigenvalue weighted by molar-refractivity contribution is 6.11. The third kappa shape index (κ3) is 5.73. The first-order chi connectivity index (χ1) is 14.4. The number of hydrogen-bond donors (Lipinski definition) is 1.